The van der Waals surface area contributed by atoms with E-state index in [0.717, 1.165) is 63.9 Å². The maximum atomic E-state index is 12.5. The largest absolute Gasteiger partial charge is 0.379 e. The van der Waals surface area contributed by atoms with Crippen LogP contribution in [0.15, 0.2) is 24.3 Å². The van der Waals surface area contributed by atoms with Crippen molar-refractivity contribution in [3.05, 3.63) is 34.9 Å². The standard InChI is InChI=1S/C22H34ClN3O2/c1-24(22(27)9-12-25-13-15-28-16-14-25)17-20-3-2-10-26(18-20)11-8-19-4-6-21(23)7-5-19/h4-7,20H,2-3,8-18H2,1H3/t20-/m0/s1. The van der Waals surface area contributed by atoms with Gasteiger partial charge in [-0.05, 0) is 49.4 Å². The highest BCUT2D eigenvalue weighted by Gasteiger charge is 2.23. The van der Waals surface area contributed by atoms with Crippen LogP contribution in [0.3, 0.4) is 0 Å². The van der Waals surface area contributed by atoms with E-state index >= 15 is 0 Å². The molecule has 6 heteroatoms. The molecule has 1 amide bonds. The van der Waals surface area contributed by atoms with E-state index in [1.54, 1.807) is 0 Å². The molecule has 0 aromatic heterocycles. The summed E-state index contributed by atoms with van der Waals surface area (Å²) in [5.41, 5.74) is 1.34. The first-order valence-electron chi connectivity index (χ1n) is 10.6. The van der Waals surface area contributed by atoms with Crippen LogP contribution in [0.4, 0.5) is 0 Å². The van der Waals surface area contributed by atoms with Crippen LogP contribution in [0.1, 0.15) is 24.8 Å². The van der Waals surface area contributed by atoms with Crippen molar-refractivity contribution >= 4 is 17.5 Å². The smallest absolute Gasteiger partial charge is 0.223 e. The van der Waals surface area contributed by atoms with Crippen LogP contribution in [0.5, 0.6) is 0 Å². The van der Waals surface area contributed by atoms with Gasteiger partial charge in [0.15, 0.2) is 0 Å². The highest BCUT2D eigenvalue weighted by atomic mass is 35.5. The number of ether oxygens (including phenoxy) is 1. The zero-order valence-electron chi connectivity index (χ0n) is 17.1. The van der Waals surface area contributed by atoms with Crippen LogP contribution in [-0.2, 0) is 16.0 Å². The van der Waals surface area contributed by atoms with Crippen molar-refractivity contribution < 1.29 is 9.53 Å². The third-order valence-electron chi connectivity index (χ3n) is 5.94. The van der Waals surface area contributed by atoms with Gasteiger partial charge in [-0.3, -0.25) is 9.69 Å². The minimum Gasteiger partial charge on any atom is -0.379 e. The summed E-state index contributed by atoms with van der Waals surface area (Å²) in [5.74, 6) is 0.848. The Bertz CT molecular complexity index is 604. The average molecular weight is 408 g/mol. The summed E-state index contributed by atoms with van der Waals surface area (Å²) in [6, 6.07) is 8.16. The van der Waals surface area contributed by atoms with Crippen molar-refractivity contribution in [2.75, 3.05) is 66.1 Å². The van der Waals surface area contributed by atoms with Crippen molar-refractivity contribution in [1.82, 2.24) is 14.7 Å². The molecule has 0 bridgehead atoms. The van der Waals surface area contributed by atoms with Gasteiger partial charge in [0, 0.05) is 57.8 Å². The maximum absolute atomic E-state index is 12.5. The minimum atomic E-state index is 0.268. The van der Waals surface area contributed by atoms with Crippen molar-refractivity contribution in [1.29, 1.82) is 0 Å². The van der Waals surface area contributed by atoms with Gasteiger partial charge in [-0.25, -0.2) is 0 Å². The van der Waals surface area contributed by atoms with E-state index in [0.29, 0.717) is 12.3 Å². The molecule has 0 saturated carbocycles. The Balaban J connectivity index is 1.37. The van der Waals surface area contributed by atoms with Gasteiger partial charge in [-0.2, -0.15) is 0 Å². The van der Waals surface area contributed by atoms with E-state index in [9.17, 15) is 4.79 Å². The first kappa shape index (κ1) is 21.6. The Hall–Kier alpha value is -1.14. The van der Waals surface area contributed by atoms with Gasteiger partial charge in [0.05, 0.1) is 13.2 Å². The molecule has 156 valence electrons. The van der Waals surface area contributed by atoms with E-state index in [1.165, 1.54) is 24.9 Å². The van der Waals surface area contributed by atoms with Crippen LogP contribution >= 0.6 is 11.6 Å². The Morgan fingerprint density at radius 2 is 1.89 bits per heavy atom. The molecular formula is C22H34ClN3O2. The molecule has 0 aliphatic carbocycles. The highest BCUT2D eigenvalue weighted by Crippen LogP contribution is 2.18. The van der Waals surface area contributed by atoms with Crippen LogP contribution in [0.2, 0.25) is 5.02 Å². The molecule has 2 aliphatic rings. The number of rotatable bonds is 8. The summed E-state index contributed by atoms with van der Waals surface area (Å²) in [6.45, 7) is 8.53. The lowest BCUT2D eigenvalue weighted by atomic mass is 9.97. The molecule has 5 nitrogen and oxygen atoms in total. The highest BCUT2D eigenvalue weighted by molar-refractivity contribution is 6.30. The number of benzene rings is 1. The van der Waals surface area contributed by atoms with E-state index in [2.05, 4.69) is 21.9 Å². The van der Waals surface area contributed by atoms with Crippen molar-refractivity contribution in [2.45, 2.75) is 25.7 Å². The molecule has 1 aromatic rings. The molecule has 2 heterocycles. The first-order valence-corrected chi connectivity index (χ1v) is 11.0. The van der Waals surface area contributed by atoms with Gasteiger partial charge in [-0.1, -0.05) is 23.7 Å². The molecule has 1 atom stereocenters. The molecule has 2 aliphatic heterocycles. The zero-order chi connectivity index (χ0) is 19.8. The second kappa shape index (κ2) is 11.1. The van der Waals surface area contributed by atoms with Gasteiger partial charge in [0.1, 0.15) is 0 Å². The number of carbonyl (C=O) groups excluding carboxylic acids is 1. The van der Waals surface area contributed by atoms with Crippen molar-refractivity contribution in [2.24, 2.45) is 5.92 Å². The molecule has 2 fully saturated rings. The fourth-order valence-electron chi connectivity index (χ4n) is 4.20. The van der Waals surface area contributed by atoms with E-state index < -0.39 is 0 Å². The maximum Gasteiger partial charge on any atom is 0.223 e. The van der Waals surface area contributed by atoms with E-state index in [1.807, 2.05) is 24.1 Å². The number of carbonyl (C=O) groups is 1. The molecule has 0 radical (unpaired) electrons. The Morgan fingerprint density at radius 3 is 2.64 bits per heavy atom. The van der Waals surface area contributed by atoms with Crippen molar-refractivity contribution in [3.8, 4) is 0 Å². The summed E-state index contributed by atoms with van der Waals surface area (Å²) >= 11 is 5.97. The molecule has 1 aromatic carbocycles. The second-order valence-corrected chi connectivity index (χ2v) is 8.60. The number of likely N-dealkylation sites (tertiary alicyclic amines) is 1. The fourth-order valence-corrected chi connectivity index (χ4v) is 4.33. The van der Waals surface area contributed by atoms with Gasteiger partial charge >= 0.3 is 0 Å². The second-order valence-electron chi connectivity index (χ2n) is 8.16. The summed E-state index contributed by atoms with van der Waals surface area (Å²) in [4.78, 5) is 19.4. The number of hydrogen-bond donors (Lipinski definition) is 0. The molecule has 0 N–H and O–H groups in total. The summed E-state index contributed by atoms with van der Waals surface area (Å²) in [7, 11) is 1.97. The lowest BCUT2D eigenvalue weighted by Gasteiger charge is -2.35. The Morgan fingerprint density at radius 1 is 1.14 bits per heavy atom. The summed E-state index contributed by atoms with van der Waals surface area (Å²) in [5, 5.41) is 0.795. The third-order valence-corrected chi connectivity index (χ3v) is 6.19. The van der Waals surface area contributed by atoms with Crippen LogP contribution < -0.4 is 0 Å². The summed E-state index contributed by atoms with van der Waals surface area (Å²) < 4.78 is 5.37. The first-order chi connectivity index (χ1) is 13.6. The molecule has 0 spiro atoms. The van der Waals surface area contributed by atoms with Gasteiger partial charge in [-0.15, -0.1) is 0 Å². The topological polar surface area (TPSA) is 36.0 Å². The molecule has 0 unspecified atom stereocenters. The van der Waals surface area contributed by atoms with Gasteiger partial charge in [0.25, 0.3) is 0 Å². The number of morpholine rings is 1. The quantitative estimate of drug-likeness (QED) is 0.663. The van der Waals surface area contributed by atoms with Crippen LogP contribution in [0, 0.1) is 5.92 Å². The SMILES string of the molecule is CN(C[C@@H]1CCCN(CCc2ccc(Cl)cc2)C1)C(=O)CCN1CCOCC1. The lowest BCUT2D eigenvalue weighted by Crippen LogP contribution is -2.43. The Kier molecular flexibility index (Phi) is 8.59. The lowest BCUT2D eigenvalue weighted by molar-refractivity contribution is -0.131. The van der Waals surface area contributed by atoms with E-state index in [4.69, 9.17) is 16.3 Å². The minimum absolute atomic E-state index is 0.268. The normalized spacial score (nSPS) is 21.6. The van der Waals surface area contributed by atoms with E-state index in [-0.39, 0.29) is 5.91 Å². The van der Waals surface area contributed by atoms with Crippen LogP contribution in [0.25, 0.3) is 0 Å². The number of nitrogens with zero attached hydrogens (tertiary/aromatic N) is 3. The van der Waals surface area contributed by atoms with Gasteiger partial charge < -0.3 is 14.5 Å². The summed E-state index contributed by atoms with van der Waals surface area (Å²) in [6.07, 6.45) is 4.11. The van der Waals surface area contributed by atoms with Crippen LogP contribution in [-0.4, -0.2) is 86.7 Å². The fraction of sp³-hybridized carbons (Fsp3) is 0.682. The molecule has 2 saturated heterocycles. The number of halogens is 1. The van der Waals surface area contributed by atoms with Gasteiger partial charge in [0.2, 0.25) is 5.91 Å². The number of hydrogen-bond acceptors (Lipinski definition) is 4. The average Bonchev–Trinajstić information content (AvgIpc) is 2.72. The van der Waals surface area contributed by atoms with Crippen molar-refractivity contribution in [3.63, 3.8) is 0 Å². The third kappa shape index (κ3) is 7.03. The number of amides is 1. The zero-order valence-corrected chi connectivity index (χ0v) is 17.9. The molecule has 28 heavy (non-hydrogen) atoms. The predicted molar refractivity (Wildman–Crippen MR) is 114 cm³/mol. The molecular weight excluding hydrogens is 374 g/mol. The Labute approximate surface area is 174 Å². The monoisotopic (exact) mass is 407 g/mol. The molecule has 3 rings (SSSR count). The number of piperidine rings is 1. The predicted octanol–water partition coefficient (Wildman–Crippen LogP) is 2.78.